The molecule has 0 N–H and O–H groups in total. The minimum Gasteiger partial charge on any atom is -0.372 e. The smallest absolute Gasteiger partial charge is 0.191 e. The molecule has 0 aliphatic heterocycles. The molecular weight excluding hydrogens is 737 g/mol. The molecule has 0 fully saturated rings. The molecule has 0 amide bonds. The molecule has 0 atom stereocenters. The Hall–Kier alpha value is -5.16. The van der Waals surface area contributed by atoms with Crippen molar-refractivity contribution < 1.29 is 70.2 Å². The zero-order valence-corrected chi connectivity index (χ0v) is 26.2. The van der Waals surface area contributed by atoms with Crippen LogP contribution in [0.5, 0.6) is 0 Å². The molecule has 1 nitrogen and oxygen atoms in total. The van der Waals surface area contributed by atoms with Gasteiger partial charge in [-0.15, -0.1) is 21.9 Å². The number of halogens is 16. The summed E-state index contributed by atoms with van der Waals surface area (Å²) in [5.41, 5.74) is -9.63. The first kappa shape index (κ1) is 39.6. The maximum atomic E-state index is 15.3. The molecule has 276 valence electrons. The van der Waals surface area contributed by atoms with Gasteiger partial charge in [-0.25, -0.2) is 70.2 Å². The Morgan fingerprint density at radius 2 is 0.615 bits per heavy atom. The van der Waals surface area contributed by atoms with E-state index in [-0.39, 0.29) is 0 Å². The van der Waals surface area contributed by atoms with E-state index >= 15 is 35.1 Å². The molecular formula is C34H19BF16N-. The van der Waals surface area contributed by atoms with Crippen molar-refractivity contribution in [3.63, 3.8) is 0 Å². The highest BCUT2D eigenvalue weighted by Gasteiger charge is 2.49. The van der Waals surface area contributed by atoms with Gasteiger partial charge < -0.3 is 4.90 Å². The van der Waals surface area contributed by atoms with Gasteiger partial charge in [-0.1, -0.05) is 18.2 Å². The van der Waals surface area contributed by atoms with Crippen molar-refractivity contribution in [3.8, 4) is 0 Å². The summed E-state index contributed by atoms with van der Waals surface area (Å²) in [7, 11) is 0. The fraction of sp³-hybridized carbons (Fsp3) is 0.118. The highest BCUT2D eigenvalue weighted by Crippen LogP contribution is 2.27. The van der Waals surface area contributed by atoms with Crippen LogP contribution in [0.1, 0.15) is 13.8 Å². The van der Waals surface area contributed by atoms with Gasteiger partial charge in [0.15, 0.2) is 46.5 Å². The van der Waals surface area contributed by atoms with Crippen molar-refractivity contribution >= 4 is 33.7 Å². The summed E-state index contributed by atoms with van der Waals surface area (Å²) in [6.45, 7) is 6.52. The number of anilines is 1. The second-order valence-electron chi connectivity index (χ2n) is 10.9. The van der Waals surface area contributed by atoms with Crippen LogP contribution in [0.3, 0.4) is 0 Å². The summed E-state index contributed by atoms with van der Waals surface area (Å²) in [5, 5.41) is 0. The second-order valence-corrected chi connectivity index (χ2v) is 10.9. The van der Waals surface area contributed by atoms with E-state index in [0.29, 0.717) is 0 Å². The normalized spacial score (nSPS) is 11.4. The molecule has 0 unspecified atom stereocenters. The fourth-order valence-electron chi connectivity index (χ4n) is 6.00. The third-order valence-electron chi connectivity index (χ3n) is 8.22. The van der Waals surface area contributed by atoms with E-state index in [0.717, 1.165) is 13.1 Å². The average molecular weight is 756 g/mol. The molecule has 0 aromatic heterocycles. The maximum Gasteiger partial charge on any atom is 0.191 e. The molecule has 18 heteroatoms. The van der Waals surface area contributed by atoms with E-state index in [4.69, 9.17) is 0 Å². The van der Waals surface area contributed by atoms with E-state index in [2.05, 4.69) is 43.0 Å². The third kappa shape index (κ3) is 6.54. The van der Waals surface area contributed by atoms with Gasteiger partial charge in [0.1, 0.15) is 29.4 Å². The van der Waals surface area contributed by atoms with E-state index in [9.17, 15) is 35.1 Å². The highest BCUT2D eigenvalue weighted by atomic mass is 19.2. The van der Waals surface area contributed by atoms with Gasteiger partial charge in [0.25, 0.3) is 0 Å². The summed E-state index contributed by atoms with van der Waals surface area (Å²) >= 11 is 0. The lowest BCUT2D eigenvalue weighted by atomic mass is 9.12. The van der Waals surface area contributed by atoms with Crippen LogP contribution >= 0.6 is 0 Å². The minimum absolute atomic E-state index is 0.731. The number of rotatable bonds is 7. The molecule has 0 spiro atoms. The molecule has 5 aromatic rings. The minimum atomic E-state index is -6.18. The summed E-state index contributed by atoms with van der Waals surface area (Å²) in [6, 6.07) is 7.57. The van der Waals surface area contributed by atoms with Gasteiger partial charge in [0.2, 0.25) is 0 Å². The molecule has 52 heavy (non-hydrogen) atoms. The highest BCUT2D eigenvalue weighted by molar-refractivity contribution is 7.20. The van der Waals surface area contributed by atoms with Crippen molar-refractivity contribution in [2.45, 2.75) is 13.8 Å². The maximum absolute atomic E-state index is 15.3. The molecule has 0 saturated heterocycles. The van der Waals surface area contributed by atoms with E-state index in [1.54, 1.807) is 0 Å². The second kappa shape index (κ2) is 15.2. The van der Waals surface area contributed by atoms with Crippen LogP contribution in [0.2, 0.25) is 0 Å². The van der Waals surface area contributed by atoms with Crippen LogP contribution in [0.25, 0.3) is 0 Å². The summed E-state index contributed by atoms with van der Waals surface area (Å²) in [4.78, 5) is 2.33. The number of hydrogen-bond acceptors (Lipinski definition) is 1. The summed E-state index contributed by atoms with van der Waals surface area (Å²) in [5.74, 6) is -45.1. The Morgan fingerprint density at radius 3 is 0.846 bits per heavy atom. The first-order valence-electron chi connectivity index (χ1n) is 14.7. The van der Waals surface area contributed by atoms with Gasteiger partial charge in [0, 0.05) is 43.0 Å². The summed E-state index contributed by atoms with van der Waals surface area (Å²) in [6.07, 6.45) is -6.18. The molecule has 5 rings (SSSR count). The van der Waals surface area contributed by atoms with E-state index in [1.165, 1.54) is 5.69 Å². The van der Waals surface area contributed by atoms with Gasteiger partial charge in [-0.2, -0.15) is 0 Å². The lowest BCUT2D eigenvalue weighted by molar-refractivity contribution is 0.434. The molecule has 0 aliphatic rings. The zero-order chi connectivity index (χ0) is 39.0. The summed E-state index contributed by atoms with van der Waals surface area (Å²) < 4.78 is 235. The number of hydrogen-bond donors (Lipinski definition) is 0. The fourth-order valence-corrected chi connectivity index (χ4v) is 6.00. The molecule has 0 radical (unpaired) electrons. The standard InChI is InChI=1S/C24H4BF16.C10H15N/c26-5-1-9(30)17(34)21(38)13(5)25(14-6(27)2-10(31)18(35)22(14)39,15-7(28)3-11(32)19(36)23(15)40)16-8(29)4-12(33)20(37)24(16)41;1-3-11(4-2)10-8-6-5-7-9-10/h1-4H;5-9H,3-4H2,1-2H3/q-1;. The number of nitrogens with zero attached hydrogens (tertiary/aromatic N) is 1. The SMILES string of the molecule is CCN(CC)c1ccccc1.Fc1cc(F)c([B-](c2c(F)cc(F)c(F)c2F)(c2c(F)cc(F)c(F)c2F)c2c(F)cc(F)c(F)c2F)c(F)c1F. The molecule has 0 saturated carbocycles. The van der Waals surface area contributed by atoms with Gasteiger partial charge in [-0.3, -0.25) is 0 Å². The Kier molecular flexibility index (Phi) is 11.6. The van der Waals surface area contributed by atoms with E-state index < -0.39 is 145 Å². The zero-order valence-electron chi connectivity index (χ0n) is 26.2. The first-order chi connectivity index (χ1) is 24.4. The average Bonchev–Trinajstić information content (AvgIpc) is 3.09. The van der Waals surface area contributed by atoms with Crippen molar-refractivity contribution in [1.82, 2.24) is 0 Å². The van der Waals surface area contributed by atoms with Crippen molar-refractivity contribution in [3.05, 3.63) is 148 Å². The Morgan fingerprint density at radius 1 is 0.365 bits per heavy atom. The lowest BCUT2D eigenvalue weighted by Gasteiger charge is -2.44. The number of benzene rings is 5. The largest absolute Gasteiger partial charge is 0.372 e. The van der Waals surface area contributed by atoms with Crippen LogP contribution in [0.4, 0.5) is 75.9 Å². The topological polar surface area (TPSA) is 3.24 Å². The van der Waals surface area contributed by atoms with Crippen molar-refractivity contribution in [1.29, 1.82) is 0 Å². The van der Waals surface area contributed by atoms with Crippen LogP contribution in [0, 0.1) is 93.1 Å². The van der Waals surface area contributed by atoms with Gasteiger partial charge >= 0.3 is 0 Å². The molecule has 0 heterocycles. The van der Waals surface area contributed by atoms with Crippen LogP contribution in [-0.4, -0.2) is 19.2 Å². The predicted molar refractivity (Wildman–Crippen MR) is 159 cm³/mol. The van der Waals surface area contributed by atoms with Crippen LogP contribution < -0.4 is 26.8 Å². The van der Waals surface area contributed by atoms with Gasteiger partial charge in [-0.05, 0) is 26.0 Å². The third-order valence-corrected chi connectivity index (χ3v) is 8.22. The molecule has 5 aromatic carbocycles. The molecule has 0 aliphatic carbocycles. The van der Waals surface area contributed by atoms with Crippen molar-refractivity contribution in [2.75, 3.05) is 18.0 Å². The van der Waals surface area contributed by atoms with E-state index in [1.807, 2.05) is 6.07 Å². The van der Waals surface area contributed by atoms with Crippen LogP contribution in [0.15, 0.2) is 54.6 Å². The monoisotopic (exact) mass is 756 g/mol. The number of para-hydroxylation sites is 1. The Balaban J connectivity index is 0.000000470. The van der Waals surface area contributed by atoms with Crippen LogP contribution in [-0.2, 0) is 0 Å². The van der Waals surface area contributed by atoms with Gasteiger partial charge in [0.05, 0.1) is 23.3 Å². The Labute approximate surface area is 283 Å². The lowest BCUT2D eigenvalue weighted by Crippen LogP contribution is -2.80. The Bertz CT molecular complexity index is 1900. The van der Waals surface area contributed by atoms with Crippen molar-refractivity contribution in [2.24, 2.45) is 0 Å². The molecule has 0 bridgehead atoms. The predicted octanol–water partition coefficient (Wildman–Crippen LogP) is 7.82. The first-order valence-corrected chi connectivity index (χ1v) is 14.7. The quantitative estimate of drug-likeness (QED) is 0.0709.